The van der Waals surface area contributed by atoms with E-state index >= 15 is 0 Å². The zero-order valence-electron chi connectivity index (χ0n) is 25.3. The quantitative estimate of drug-likeness (QED) is 0.165. The summed E-state index contributed by atoms with van der Waals surface area (Å²) in [4.78, 5) is 21.3. The molecule has 0 bridgehead atoms. The van der Waals surface area contributed by atoms with Crippen LogP contribution in [0.2, 0.25) is 0 Å². The van der Waals surface area contributed by atoms with Crippen LogP contribution in [0.1, 0.15) is 26.3 Å². The summed E-state index contributed by atoms with van der Waals surface area (Å²) in [7, 11) is -5.97. The van der Waals surface area contributed by atoms with Crippen molar-refractivity contribution < 1.29 is 28.2 Å². The zero-order chi connectivity index (χ0) is 33.3. The van der Waals surface area contributed by atoms with E-state index in [1.54, 1.807) is 0 Å². The van der Waals surface area contributed by atoms with Gasteiger partial charge in [-0.1, -0.05) is 0 Å². The molecule has 0 radical (unpaired) electrons. The molecule has 0 aliphatic rings. The normalized spacial score (nSPS) is 11.5. The predicted octanol–water partition coefficient (Wildman–Crippen LogP) is 6.83. The summed E-state index contributed by atoms with van der Waals surface area (Å²) in [5.74, 6) is -2.30. The van der Waals surface area contributed by atoms with Crippen molar-refractivity contribution in [3.05, 3.63) is 187 Å². The molecule has 0 atom stereocenters. The second-order valence-electron chi connectivity index (χ2n) is 10.8. The van der Waals surface area contributed by atoms with Gasteiger partial charge in [-0.05, 0) is 48.5 Å². The summed E-state index contributed by atoms with van der Waals surface area (Å²) in [6.07, 6.45) is 1.06. The van der Waals surface area contributed by atoms with Gasteiger partial charge in [-0.15, -0.1) is 0 Å². The van der Waals surface area contributed by atoms with Crippen molar-refractivity contribution >= 4 is 45.0 Å². The molecule has 6 aromatic carbocycles. The number of carboxylic acids is 2. The maximum atomic E-state index is 12.3. The summed E-state index contributed by atoms with van der Waals surface area (Å²) in [5.41, 5.74) is 1.36. The van der Waals surface area contributed by atoms with Gasteiger partial charge in [0, 0.05) is 0 Å². The van der Waals surface area contributed by atoms with E-state index in [1.807, 2.05) is 0 Å². The first kappa shape index (κ1) is 33.0. The van der Waals surface area contributed by atoms with E-state index in [0.717, 1.165) is 6.16 Å². The van der Waals surface area contributed by atoms with Gasteiger partial charge in [0.15, 0.2) is 0 Å². The third kappa shape index (κ3) is 7.55. The van der Waals surface area contributed by atoms with Crippen molar-refractivity contribution in [2.24, 2.45) is 0 Å². The Balaban J connectivity index is 0.000000189. The molecule has 0 unspecified atom stereocenters. The molecule has 8 heteroatoms. The molecule has 0 fully saturated rings. The summed E-state index contributed by atoms with van der Waals surface area (Å²) in [6, 6.07) is 53.8. The van der Waals surface area contributed by atoms with Crippen molar-refractivity contribution in [2.75, 3.05) is 0 Å². The second-order valence-corrected chi connectivity index (χ2v) is 16.7. The Labute approximate surface area is 274 Å². The average molecular weight is 661 g/mol. The van der Waals surface area contributed by atoms with E-state index in [9.17, 15) is 18.0 Å². The molecule has 2 N–H and O–H groups in total. The van der Waals surface area contributed by atoms with Gasteiger partial charge in [-0.25, -0.2) is 18.0 Å². The van der Waals surface area contributed by atoms with Crippen molar-refractivity contribution in [3.8, 4) is 0 Å². The third-order valence-corrected chi connectivity index (χ3v) is 14.6. The topological polar surface area (TPSA) is 109 Å². The van der Waals surface area contributed by atoms with Gasteiger partial charge in [-0.3, -0.25) is 0 Å². The number of hydrogen-bond acceptors (Lipinski definition) is 4. The van der Waals surface area contributed by atoms with Gasteiger partial charge < -0.3 is 10.2 Å². The van der Waals surface area contributed by atoms with Crippen molar-refractivity contribution in [3.63, 3.8) is 0 Å². The Morgan fingerprint density at radius 3 is 1.04 bits per heavy atom. The Morgan fingerprint density at radius 1 is 0.447 bits per heavy atom. The van der Waals surface area contributed by atoms with Crippen molar-refractivity contribution in [1.82, 2.24) is 0 Å². The summed E-state index contributed by atoms with van der Waals surface area (Å²) < 4.78 is 24.6. The molecule has 0 heterocycles. The first-order chi connectivity index (χ1) is 22.7. The monoisotopic (exact) mass is 660 g/mol. The van der Waals surface area contributed by atoms with Crippen LogP contribution < -0.4 is 15.9 Å². The zero-order valence-corrected chi connectivity index (χ0v) is 27.1. The first-order valence-corrected chi connectivity index (χ1v) is 18.5. The van der Waals surface area contributed by atoms with Crippen molar-refractivity contribution in [2.45, 2.75) is 16.0 Å². The van der Waals surface area contributed by atoms with Crippen LogP contribution >= 0.6 is 7.26 Å². The molecule has 6 nitrogen and oxygen atoms in total. The molecule has 47 heavy (non-hydrogen) atoms. The van der Waals surface area contributed by atoms with E-state index in [1.165, 1.54) is 70.0 Å². The fraction of sp³-hybridized carbons (Fsp3) is 0.0256. The van der Waals surface area contributed by atoms with Gasteiger partial charge >= 0.3 is 168 Å². The van der Waals surface area contributed by atoms with Crippen molar-refractivity contribution in [1.29, 1.82) is 0 Å². The van der Waals surface area contributed by atoms with Gasteiger partial charge in [0.25, 0.3) is 0 Å². The van der Waals surface area contributed by atoms with E-state index in [2.05, 4.69) is 121 Å². The van der Waals surface area contributed by atoms with Crippen LogP contribution in [0.4, 0.5) is 0 Å². The standard InChI is InChI=1S/C25H23P.C14H10O6S/c1-5-13-22(14-6-1)21-26(23-15-7-2-8-16-23,24-17-9-3-10-18-24)25-19-11-4-12-20-25;15-13(16)9-1-5-11(6-2-9)21(19,20)12-7-3-10(4-8-12)14(17)18/h1-20,26H,21H2;1-8H,(H,15,16)(H,17,18). The Bertz CT molecular complexity index is 1870. The van der Waals surface area contributed by atoms with Gasteiger partial charge in [0.2, 0.25) is 9.84 Å². The maximum absolute atomic E-state index is 12.3. The molecule has 0 saturated heterocycles. The number of hydrogen-bond donors (Lipinski definition) is 2. The average Bonchev–Trinajstić information content (AvgIpc) is 3.12. The molecular weight excluding hydrogens is 627 g/mol. The molecule has 236 valence electrons. The molecule has 0 aliphatic carbocycles. The van der Waals surface area contributed by atoms with E-state index < -0.39 is 29.0 Å². The van der Waals surface area contributed by atoms with Gasteiger partial charge in [0.05, 0.1) is 20.9 Å². The summed E-state index contributed by atoms with van der Waals surface area (Å²) in [5, 5.41) is 21.9. The van der Waals surface area contributed by atoms with Crippen LogP contribution in [0, 0.1) is 0 Å². The van der Waals surface area contributed by atoms with E-state index in [0.29, 0.717) is 0 Å². The van der Waals surface area contributed by atoms with Gasteiger partial charge in [-0.2, -0.15) is 0 Å². The fourth-order valence-electron chi connectivity index (χ4n) is 5.57. The summed E-state index contributed by atoms with van der Waals surface area (Å²) >= 11 is 0. The Hall–Kier alpha value is -5.36. The van der Waals surface area contributed by atoms with E-state index in [-0.39, 0.29) is 20.9 Å². The van der Waals surface area contributed by atoms with Crippen LogP contribution in [0.3, 0.4) is 0 Å². The number of carboxylic acid groups (broad SMARTS) is 2. The number of aromatic carboxylic acids is 2. The molecule has 0 spiro atoms. The molecule has 0 aromatic heterocycles. The minimum atomic E-state index is -3.81. The van der Waals surface area contributed by atoms with Crippen LogP contribution in [-0.4, -0.2) is 30.6 Å². The number of sulfone groups is 1. The Morgan fingerprint density at radius 2 is 0.745 bits per heavy atom. The van der Waals surface area contributed by atoms with Gasteiger partial charge in [0.1, 0.15) is 0 Å². The predicted molar refractivity (Wildman–Crippen MR) is 189 cm³/mol. The number of benzene rings is 6. The number of carbonyl (C=O) groups is 2. The Kier molecular flexibility index (Phi) is 10.4. The molecule has 6 aromatic rings. The fourth-order valence-corrected chi connectivity index (χ4v) is 11.6. The van der Waals surface area contributed by atoms with Crippen LogP contribution in [0.25, 0.3) is 0 Å². The molecule has 0 saturated carbocycles. The molecule has 0 aliphatic heterocycles. The SMILES string of the molecule is O=C(O)c1ccc(S(=O)(=O)c2ccc(C(=O)O)cc2)cc1.c1ccc(C[PH](c2ccccc2)(c2ccccc2)c2ccccc2)cc1. The molecular formula is C39H33O6PS. The first-order valence-electron chi connectivity index (χ1n) is 14.8. The summed E-state index contributed by atoms with van der Waals surface area (Å²) in [6.45, 7) is 0. The van der Waals surface area contributed by atoms with E-state index in [4.69, 9.17) is 10.2 Å². The third-order valence-electron chi connectivity index (χ3n) is 7.94. The van der Waals surface area contributed by atoms with Crippen LogP contribution in [0.15, 0.2) is 180 Å². The molecule has 6 rings (SSSR count). The van der Waals surface area contributed by atoms with Crippen LogP contribution in [0.5, 0.6) is 0 Å². The minimum absolute atomic E-state index is 0.0184. The second kappa shape index (κ2) is 14.8. The van der Waals surface area contributed by atoms with Crippen LogP contribution in [-0.2, 0) is 16.0 Å². The number of rotatable bonds is 9. The molecule has 0 amide bonds.